The Morgan fingerprint density at radius 1 is 1.61 bits per heavy atom. The Labute approximate surface area is 118 Å². The van der Waals surface area contributed by atoms with E-state index in [-0.39, 0.29) is 11.6 Å². The van der Waals surface area contributed by atoms with E-state index in [9.17, 15) is 4.79 Å². The number of hydrogen-bond donors (Lipinski definition) is 1. The van der Waals surface area contributed by atoms with Gasteiger partial charge in [0.1, 0.15) is 4.47 Å². The highest BCUT2D eigenvalue weighted by atomic mass is 79.9. The predicted octanol–water partition coefficient (Wildman–Crippen LogP) is 2.65. The van der Waals surface area contributed by atoms with Crippen molar-refractivity contribution in [3.8, 4) is 0 Å². The Bertz CT molecular complexity index is 580. The maximum absolute atomic E-state index is 11.7. The van der Waals surface area contributed by atoms with Crippen molar-refractivity contribution in [2.24, 2.45) is 7.05 Å². The summed E-state index contributed by atoms with van der Waals surface area (Å²) in [5.74, 6) is 0. The van der Waals surface area contributed by atoms with Crippen LogP contribution in [-0.4, -0.2) is 15.8 Å². The number of aromatic nitrogens is 2. The third-order valence-corrected chi connectivity index (χ3v) is 4.23. The van der Waals surface area contributed by atoms with E-state index in [1.54, 1.807) is 24.6 Å². The molecular weight excluding hydrogens is 314 g/mol. The van der Waals surface area contributed by atoms with Gasteiger partial charge in [0.2, 0.25) is 0 Å². The summed E-state index contributed by atoms with van der Waals surface area (Å²) < 4.78 is 1.83. The Balaban J connectivity index is 2.10. The standard InChI is InChI=1S/C12H14BrN3OS/c1-8(6-9-4-3-5-18-9)15-10-7-14-16(2)12(17)11(10)13/h3-5,7-8,15H,6H2,1-2H3. The van der Waals surface area contributed by atoms with Crippen molar-refractivity contribution >= 4 is 33.0 Å². The molecule has 2 aromatic rings. The van der Waals surface area contributed by atoms with E-state index >= 15 is 0 Å². The van der Waals surface area contributed by atoms with E-state index in [0.717, 1.165) is 12.1 Å². The Kier molecular flexibility index (Phi) is 4.19. The van der Waals surface area contributed by atoms with Crippen LogP contribution in [-0.2, 0) is 13.5 Å². The normalized spacial score (nSPS) is 12.4. The molecule has 0 aliphatic heterocycles. The molecule has 1 unspecified atom stereocenters. The molecule has 0 aliphatic carbocycles. The molecule has 4 nitrogen and oxygen atoms in total. The molecule has 6 heteroatoms. The third kappa shape index (κ3) is 3.00. The summed E-state index contributed by atoms with van der Waals surface area (Å²) in [5, 5.41) is 9.37. The summed E-state index contributed by atoms with van der Waals surface area (Å²) in [6.45, 7) is 2.09. The average Bonchev–Trinajstić information content (AvgIpc) is 2.83. The molecule has 2 heterocycles. The highest BCUT2D eigenvalue weighted by Crippen LogP contribution is 2.19. The number of rotatable bonds is 4. The maximum atomic E-state index is 11.7. The maximum Gasteiger partial charge on any atom is 0.282 e. The number of aryl methyl sites for hydroxylation is 1. The summed E-state index contributed by atoms with van der Waals surface area (Å²) in [4.78, 5) is 13.0. The predicted molar refractivity (Wildman–Crippen MR) is 78.3 cm³/mol. The molecule has 0 saturated heterocycles. The van der Waals surface area contributed by atoms with Crippen LogP contribution in [0.1, 0.15) is 11.8 Å². The summed E-state index contributed by atoms with van der Waals surface area (Å²) >= 11 is 5.04. The summed E-state index contributed by atoms with van der Waals surface area (Å²) in [7, 11) is 1.63. The second-order valence-corrected chi connectivity index (χ2v) is 5.96. The van der Waals surface area contributed by atoms with Gasteiger partial charge in [0.05, 0.1) is 11.9 Å². The molecule has 1 N–H and O–H groups in total. The summed E-state index contributed by atoms with van der Waals surface area (Å²) in [6.07, 6.45) is 2.59. The van der Waals surface area contributed by atoms with Gasteiger partial charge in [-0.05, 0) is 34.3 Å². The lowest BCUT2D eigenvalue weighted by Gasteiger charge is -2.15. The molecule has 96 valence electrons. The molecule has 0 saturated carbocycles. The summed E-state index contributed by atoms with van der Waals surface area (Å²) in [6, 6.07) is 4.40. The molecule has 0 fully saturated rings. The van der Waals surface area contributed by atoms with Gasteiger partial charge in [-0.15, -0.1) is 11.3 Å². The van der Waals surface area contributed by atoms with E-state index in [1.165, 1.54) is 9.56 Å². The molecule has 18 heavy (non-hydrogen) atoms. The molecule has 0 amide bonds. The topological polar surface area (TPSA) is 46.9 Å². The first-order chi connectivity index (χ1) is 8.58. The molecule has 0 bridgehead atoms. The molecular formula is C12H14BrN3OS. The Morgan fingerprint density at radius 2 is 2.39 bits per heavy atom. The minimum absolute atomic E-state index is 0.136. The van der Waals surface area contributed by atoms with Gasteiger partial charge in [0.25, 0.3) is 5.56 Å². The lowest BCUT2D eigenvalue weighted by molar-refractivity contribution is 0.699. The number of nitrogens with one attached hydrogen (secondary N) is 1. The van der Waals surface area contributed by atoms with Crippen LogP contribution < -0.4 is 10.9 Å². The average molecular weight is 328 g/mol. The van der Waals surface area contributed by atoms with Crippen LogP contribution in [0.5, 0.6) is 0 Å². The van der Waals surface area contributed by atoms with E-state index in [1.807, 2.05) is 6.07 Å². The molecule has 2 rings (SSSR count). The lowest BCUT2D eigenvalue weighted by Crippen LogP contribution is -2.24. The van der Waals surface area contributed by atoms with Crippen LogP contribution in [0.25, 0.3) is 0 Å². The van der Waals surface area contributed by atoms with Crippen LogP contribution in [0, 0.1) is 0 Å². The van der Waals surface area contributed by atoms with E-state index in [2.05, 4.69) is 44.7 Å². The molecule has 0 radical (unpaired) electrons. The highest BCUT2D eigenvalue weighted by molar-refractivity contribution is 9.10. The van der Waals surface area contributed by atoms with Crippen molar-refractivity contribution in [2.75, 3.05) is 5.32 Å². The fraction of sp³-hybridized carbons (Fsp3) is 0.333. The highest BCUT2D eigenvalue weighted by Gasteiger charge is 2.10. The van der Waals surface area contributed by atoms with E-state index in [4.69, 9.17) is 0 Å². The van der Waals surface area contributed by atoms with Gasteiger partial charge in [-0.25, -0.2) is 4.68 Å². The smallest absolute Gasteiger partial charge is 0.282 e. The number of anilines is 1. The lowest BCUT2D eigenvalue weighted by atomic mass is 10.2. The van der Waals surface area contributed by atoms with Crippen LogP contribution in [0.15, 0.2) is 33.0 Å². The van der Waals surface area contributed by atoms with Crippen LogP contribution in [0.4, 0.5) is 5.69 Å². The summed E-state index contributed by atoms with van der Waals surface area (Å²) in [5.41, 5.74) is 0.602. The van der Waals surface area contributed by atoms with Gasteiger partial charge < -0.3 is 5.32 Å². The largest absolute Gasteiger partial charge is 0.380 e. The van der Waals surface area contributed by atoms with Crippen molar-refractivity contribution in [1.29, 1.82) is 0 Å². The minimum Gasteiger partial charge on any atom is -0.380 e. The number of halogens is 1. The van der Waals surface area contributed by atoms with E-state index in [0.29, 0.717) is 4.47 Å². The van der Waals surface area contributed by atoms with Crippen LogP contribution >= 0.6 is 27.3 Å². The van der Waals surface area contributed by atoms with Crippen molar-refractivity contribution in [3.63, 3.8) is 0 Å². The van der Waals surface area contributed by atoms with Crippen molar-refractivity contribution in [3.05, 3.63) is 43.4 Å². The fourth-order valence-corrected chi connectivity index (χ4v) is 2.97. The van der Waals surface area contributed by atoms with Gasteiger partial charge >= 0.3 is 0 Å². The quantitative estimate of drug-likeness (QED) is 0.939. The molecule has 0 aliphatic rings. The number of thiophene rings is 1. The zero-order valence-electron chi connectivity index (χ0n) is 10.2. The molecule has 1 atom stereocenters. The second kappa shape index (κ2) is 5.67. The first-order valence-corrected chi connectivity index (χ1v) is 7.26. The van der Waals surface area contributed by atoms with Crippen LogP contribution in [0.3, 0.4) is 0 Å². The molecule has 0 aromatic carbocycles. The first-order valence-electron chi connectivity index (χ1n) is 5.58. The van der Waals surface area contributed by atoms with Gasteiger partial charge in [-0.2, -0.15) is 5.10 Å². The monoisotopic (exact) mass is 327 g/mol. The minimum atomic E-state index is -0.136. The first kappa shape index (κ1) is 13.3. The van der Waals surface area contributed by atoms with Crippen LogP contribution in [0.2, 0.25) is 0 Å². The Hall–Kier alpha value is -1.14. The van der Waals surface area contributed by atoms with Crippen molar-refractivity contribution in [1.82, 2.24) is 9.78 Å². The SMILES string of the molecule is CC(Cc1cccs1)Nc1cnn(C)c(=O)c1Br. The van der Waals surface area contributed by atoms with Gasteiger partial charge in [-0.1, -0.05) is 6.07 Å². The Morgan fingerprint density at radius 3 is 3.06 bits per heavy atom. The second-order valence-electron chi connectivity index (χ2n) is 4.13. The number of nitrogens with zero attached hydrogens (tertiary/aromatic N) is 2. The number of hydrogen-bond acceptors (Lipinski definition) is 4. The molecule has 2 aromatic heterocycles. The van der Waals surface area contributed by atoms with Gasteiger partial charge in [-0.3, -0.25) is 4.79 Å². The fourth-order valence-electron chi connectivity index (χ4n) is 1.66. The van der Waals surface area contributed by atoms with Gasteiger partial charge in [0, 0.05) is 24.4 Å². The zero-order chi connectivity index (χ0) is 13.1. The van der Waals surface area contributed by atoms with Crippen molar-refractivity contribution < 1.29 is 0 Å². The van der Waals surface area contributed by atoms with Crippen molar-refractivity contribution in [2.45, 2.75) is 19.4 Å². The van der Waals surface area contributed by atoms with E-state index < -0.39 is 0 Å². The third-order valence-electron chi connectivity index (χ3n) is 2.57. The molecule has 0 spiro atoms. The zero-order valence-corrected chi connectivity index (χ0v) is 12.6. The van der Waals surface area contributed by atoms with Gasteiger partial charge in [0.15, 0.2) is 0 Å².